The Morgan fingerprint density at radius 2 is 1.63 bits per heavy atom. The molecule has 0 aliphatic carbocycles. The molecule has 2 aromatic carbocycles. The van der Waals surface area contributed by atoms with Crippen LogP contribution in [-0.4, -0.2) is 42.9 Å². The van der Waals surface area contributed by atoms with Crippen molar-refractivity contribution in [2.24, 2.45) is 10.7 Å². The molecular formula is C23H34IN5O. The topological polar surface area (TPSA) is 82.7 Å². The van der Waals surface area contributed by atoms with E-state index in [0.29, 0.717) is 12.1 Å². The van der Waals surface area contributed by atoms with Gasteiger partial charge in [0.15, 0.2) is 5.96 Å². The van der Waals surface area contributed by atoms with Crippen molar-refractivity contribution in [2.45, 2.75) is 33.4 Å². The lowest BCUT2D eigenvalue weighted by Crippen LogP contribution is -2.43. The van der Waals surface area contributed by atoms with Crippen molar-refractivity contribution in [1.82, 2.24) is 15.5 Å². The summed E-state index contributed by atoms with van der Waals surface area (Å²) >= 11 is 0. The molecule has 0 saturated carbocycles. The third-order valence-corrected chi connectivity index (χ3v) is 4.90. The summed E-state index contributed by atoms with van der Waals surface area (Å²) in [5.41, 5.74) is 8.12. The van der Waals surface area contributed by atoms with E-state index < -0.39 is 5.91 Å². The molecule has 6 nitrogen and oxygen atoms in total. The minimum atomic E-state index is -0.418. The molecule has 4 N–H and O–H groups in total. The highest BCUT2D eigenvalue weighted by Crippen LogP contribution is 2.19. The van der Waals surface area contributed by atoms with E-state index in [1.807, 2.05) is 18.2 Å². The van der Waals surface area contributed by atoms with Crippen LogP contribution in [0, 0.1) is 0 Å². The van der Waals surface area contributed by atoms with Gasteiger partial charge < -0.3 is 16.4 Å². The maximum Gasteiger partial charge on any atom is 0.248 e. The Balaban J connectivity index is 0.00000450. The molecule has 0 aromatic heterocycles. The van der Waals surface area contributed by atoms with Crippen LogP contribution < -0.4 is 16.4 Å². The van der Waals surface area contributed by atoms with Gasteiger partial charge in [-0.25, -0.2) is 4.99 Å². The predicted octanol–water partition coefficient (Wildman–Crippen LogP) is 3.54. The van der Waals surface area contributed by atoms with Crippen molar-refractivity contribution in [3.63, 3.8) is 0 Å². The number of halogens is 1. The second-order valence-corrected chi connectivity index (χ2v) is 6.78. The SMILES string of the molecule is CCNC(=NCc1ccc(C(N)=O)cc1)NCC(c1ccccc1)N(CC)CC.I. The van der Waals surface area contributed by atoms with E-state index in [4.69, 9.17) is 10.7 Å². The minimum Gasteiger partial charge on any atom is -0.366 e. The summed E-state index contributed by atoms with van der Waals surface area (Å²) in [5.74, 6) is 0.359. The third-order valence-electron chi connectivity index (χ3n) is 4.90. The van der Waals surface area contributed by atoms with Crippen molar-refractivity contribution < 1.29 is 4.79 Å². The van der Waals surface area contributed by atoms with E-state index in [-0.39, 0.29) is 30.0 Å². The number of hydrogen-bond donors (Lipinski definition) is 3. The van der Waals surface area contributed by atoms with Crippen LogP contribution in [0.5, 0.6) is 0 Å². The molecule has 7 heteroatoms. The average Bonchev–Trinajstić information content (AvgIpc) is 2.75. The summed E-state index contributed by atoms with van der Waals surface area (Å²) in [6, 6.07) is 18.1. The number of carbonyl (C=O) groups excluding carboxylic acids is 1. The quantitative estimate of drug-likeness (QED) is 0.253. The Hall–Kier alpha value is -2.13. The maximum absolute atomic E-state index is 11.2. The van der Waals surface area contributed by atoms with Gasteiger partial charge in [-0.2, -0.15) is 0 Å². The highest BCUT2D eigenvalue weighted by molar-refractivity contribution is 14.0. The molecule has 0 saturated heterocycles. The average molecular weight is 523 g/mol. The van der Waals surface area contributed by atoms with Crippen molar-refractivity contribution >= 4 is 35.8 Å². The molecule has 164 valence electrons. The number of guanidine groups is 1. The minimum absolute atomic E-state index is 0. The molecule has 30 heavy (non-hydrogen) atoms. The largest absolute Gasteiger partial charge is 0.366 e. The van der Waals surface area contributed by atoms with Gasteiger partial charge in [0.1, 0.15) is 0 Å². The van der Waals surface area contributed by atoms with Gasteiger partial charge in [0.25, 0.3) is 0 Å². The van der Waals surface area contributed by atoms with Gasteiger partial charge in [-0.3, -0.25) is 9.69 Å². The summed E-state index contributed by atoms with van der Waals surface area (Å²) in [5, 5.41) is 6.80. The molecule has 0 heterocycles. The fraction of sp³-hybridized carbons (Fsp3) is 0.391. The van der Waals surface area contributed by atoms with Gasteiger partial charge in [-0.1, -0.05) is 56.3 Å². The zero-order valence-electron chi connectivity index (χ0n) is 18.1. The van der Waals surface area contributed by atoms with Crippen LogP contribution in [0.25, 0.3) is 0 Å². The second kappa shape index (κ2) is 14.0. The normalized spacial score (nSPS) is 12.2. The highest BCUT2D eigenvalue weighted by Gasteiger charge is 2.18. The molecule has 1 atom stereocenters. The number of aliphatic imine (C=N–C) groups is 1. The zero-order chi connectivity index (χ0) is 21.1. The van der Waals surface area contributed by atoms with Crippen LogP contribution in [0.4, 0.5) is 0 Å². The van der Waals surface area contributed by atoms with Crippen LogP contribution in [0.15, 0.2) is 59.6 Å². The van der Waals surface area contributed by atoms with Gasteiger partial charge >= 0.3 is 0 Å². The number of rotatable bonds is 10. The Morgan fingerprint density at radius 3 is 2.17 bits per heavy atom. The molecule has 0 radical (unpaired) electrons. The van der Waals surface area contributed by atoms with Crippen molar-refractivity contribution in [2.75, 3.05) is 26.2 Å². The van der Waals surface area contributed by atoms with Gasteiger partial charge in [-0.15, -0.1) is 24.0 Å². The molecule has 2 aromatic rings. The highest BCUT2D eigenvalue weighted by atomic mass is 127. The molecule has 1 unspecified atom stereocenters. The molecule has 0 aliphatic heterocycles. The van der Waals surface area contributed by atoms with Gasteiger partial charge in [0.2, 0.25) is 5.91 Å². The smallest absolute Gasteiger partial charge is 0.248 e. The fourth-order valence-electron chi connectivity index (χ4n) is 3.28. The Bertz CT molecular complexity index is 776. The number of hydrogen-bond acceptors (Lipinski definition) is 3. The fourth-order valence-corrected chi connectivity index (χ4v) is 3.28. The van der Waals surface area contributed by atoms with E-state index in [9.17, 15) is 4.79 Å². The first-order valence-corrected chi connectivity index (χ1v) is 10.3. The maximum atomic E-state index is 11.2. The number of likely N-dealkylation sites (N-methyl/N-ethyl adjacent to an activating group) is 1. The third kappa shape index (κ3) is 7.95. The second-order valence-electron chi connectivity index (χ2n) is 6.78. The predicted molar refractivity (Wildman–Crippen MR) is 135 cm³/mol. The number of nitrogens with zero attached hydrogens (tertiary/aromatic N) is 2. The number of primary amides is 1. The molecule has 0 bridgehead atoms. The zero-order valence-corrected chi connectivity index (χ0v) is 20.4. The van der Waals surface area contributed by atoms with Gasteiger partial charge in [-0.05, 0) is 43.3 Å². The van der Waals surface area contributed by atoms with Crippen LogP contribution in [-0.2, 0) is 6.54 Å². The molecule has 1 amide bonds. The van der Waals surface area contributed by atoms with Crippen molar-refractivity contribution in [3.8, 4) is 0 Å². The van der Waals surface area contributed by atoms with E-state index in [2.05, 4.69) is 60.6 Å². The number of nitrogens with one attached hydrogen (secondary N) is 2. The number of benzene rings is 2. The van der Waals surface area contributed by atoms with Crippen LogP contribution in [0.1, 0.15) is 48.3 Å². The lowest BCUT2D eigenvalue weighted by atomic mass is 10.1. The summed E-state index contributed by atoms with van der Waals surface area (Å²) in [6.45, 7) is 10.5. The molecule has 0 fully saturated rings. The summed E-state index contributed by atoms with van der Waals surface area (Å²) in [7, 11) is 0. The first kappa shape index (κ1) is 25.9. The summed E-state index contributed by atoms with van der Waals surface area (Å²) in [6.07, 6.45) is 0. The van der Waals surface area contributed by atoms with E-state index >= 15 is 0 Å². The standard InChI is InChI=1S/C23H33N5O.HI/c1-4-25-23(26-16-18-12-14-20(15-13-18)22(24)29)27-17-21(28(5-2)6-3)19-10-8-7-9-11-19;/h7-15,21H,4-6,16-17H2,1-3H3,(H2,24,29)(H2,25,26,27);1H. The first-order chi connectivity index (χ1) is 14.1. The van der Waals surface area contributed by atoms with E-state index in [1.54, 1.807) is 12.1 Å². The number of nitrogens with two attached hydrogens (primary N) is 1. The van der Waals surface area contributed by atoms with E-state index in [1.165, 1.54) is 5.56 Å². The lowest BCUT2D eigenvalue weighted by molar-refractivity contribution is 0.100. The molecular weight excluding hydrogens is 489 g/mol. The Morgan fingerprint density at radius 1 is 1.00 bits per heavy atom. The number of amides is 1. The molecule has 0 spiro atoms. The van der Waals surface area contributed by atoms with Gasteiger partial charge in [0.05, 0.1) is 12.6 Å². The molecule has 2 rings (SSSR count). The summed E-state index contributed by atoms with van der Waals surface area (Å²) in [4.78, 5) is 18.3. The Kier molecular flexibility index (Phi) is 12.1. The van der Waals surface area contributed by atoms with Gasteiger partial charge in [0, 0.05) is 18.7 Å². The van der Waals surface area contributed by atoms with Crippen molar-refractivity contribution in [1.29, 1.82) is 0 Å². The summed E-state index contributed by atoms with van der Waals surface area (Å²) < 4.78 is 0. The van der Waals surface area contributed by atoms with Crippen molar-refractivity contribution in [3.05, 3.63) is 71.3 Å². The lowest BCUT2D eigenvalue weighted by Gasteiger charge is -2.30. The molecule has 0 aliphatic rings. The van der Waals surface area contributed by atoms with Crippen LogP contribution in [0.2, 0.25) is 0 Å². The first-order valence-electron chi connectivity index (χ1n) is 10.3. The number of carbonyl (C=O) groups is 1. The van der Waals surface area contributed by atoms with E-state index in [0.717, 1.165) is 37.7 Å². The van der Waals surface area contributed by atoms with Crippen LogP contribution >= 0.6 is 24.0 Å². The Labute approximate surface area is 197 Å². The van der Waals surface area contributed by atoms with Crippen LogP contribution in [0.3, 0.4) is 0 Å². The monoisotopic (exact) mass is 523 g/mol.